The van der Waals surface area contributed by atoms with Gasteiger partial charge in [-0.25, -0.2) is 14.8 Å². The minimum atomic E-state index is -0.425. The van der Waals surface area contributed by atoms with Gasteiger partial charge in [0.05, 0.1) is 16.6 Å². The summed E-state index contributed by atoms with van der Waals surface area (Å²) < 4.78 is 1.42. The van der Waals surface area contributed by atoms with Crippen LogP contribution >= 0.6 is 11.6 Å². The van der Waals surface area contributed by atoms with Gasteiger partial charge in [0.25, 0.3) is 0 Å². The lowest BCUT2D eigenvalue weighted by molar-refractivity contribution is -0.140. The minimum absolute atomic E-state index is 0.425. The van der Waals surface area contributed by atoms with E-state index in [2.05, 4.69) is 4.98 Å². The molecule has 0 unspecified atom stereocenters. The molecular formula is C18H14ClN3O2. The lowest BCUT2D eigenvalue weighted by atomic mass is 10.1. The van der Waals surface area contributed by atoms with E-state index in [0.29, 0.717) is 21.7 Å². The molecule has 0 bridgehead atoms. The van der Waals surface area contributed by atoms with E-state index in [1.807, 2.05) is 26.0 Å². The van der Waals surface area contributed by atoms with Crippen molar-refractivity contribution in [2.24, 2.45) is 0 Å². The van der Waals surface area contributed by atoms with Crippen molar-refractivity contribution in [3.05, 3.63) is 46.5 Å². The molecule has 0 fully saturated rings. The van der Waals surface area contributed by atoms with E-state index in [1.165, 1.54) is 11.7 Å². The zero-order valence-corrected chi connectivity index (χ0v) is 14.2. The van der Waals surface area contributed by atoms with Gasteiger partial charge in [-0.05, 0) is 55.3 Å². The van der Waals surface area contributed by atoms with Gasteiger partial charge in [-0.3, -0.25) is 0 Å². The highest BCUT2D eigenvalue weighted by Gasteiger charge is 2.17. The van der Waals surface area contributed by atoms with Crippen molar-refractivity contribution in [1.82, 2.24) is 14.7 Å². The zero-order chi connectivity index (χ0) is 17.0. The molecule has 0 atom stereocenters. The first-order valence-electron chi connectivity index (χ1n) is 7.51. The third-order valence-electron chi connectivity index (χ3n) is 4.11. The van der Waals surface area contributed by atoms with E-state index < -0.39 is 5.97 Å². The van der Waals surface area contributed by atoms with E-state index in [9.17, 15) is 4.79 Å². The van der Waals surface area contributed by atoms with Crippen molar-refractivity contribution in [3.63, 3.8) is 0 Å². The molecule has 5 nitrogen and oxygen atoms in total. The monoisotopic (exact) mass is 339 g/mol. The Hall–Kier alpha value is -2.66. The van der Waals surface area contributed by atoms with Crippen LogP contribution in [0.3, 0.4) is 0 Å². The number of carbonyl (C=O) groups excluding carboxylic acids is 1. The molecule has 6 heteroatoms. The van der Waals surface area contributed by atoms with E-state index in [0.717, 1.165) is 27.5 Å². The van der Waals surface area contributed by atoms with Crippen molar-refractivity contribution in [2.75, 3.05) is 0 Å². The molecule has 0 spiro atoms. The number of hydrogen-bond acceptors (Lipinski definition) is 4. The summed E-state index contributed by atoms with van der Waals surface area (Å²) in [5.41, 5.74) is 5.70. The normalized spacial score (nSPS) is 11.5. The van der Waals surface area contributed by atoms with Crippen LogP contribution in [0.15, 0.2) is 30.3 Å². The standard InChI is InChI=1S/C18H14ClN3O2/c1-9-6-14-15(7-10(9)2)21-18-17(20-14)13-8-12(19)4-5-16(13)22(18)24-11(3)23/h4-8H,1-3H3. The summed E-state index contributed by atoms with van der Waals surface area (Å²) in [4.78, 5) is 26.3. The molecule has 2 aromatic heterocycles. The second-order valence-corrected chi connectivity index (χ2v) is 6.30. The number of benzene rings is 2. The quantitative estimate of drug-likeness (QED) is 0.526. The fourth-order valence-electron chi connectivity index (χ4n) is 2.83. The molecule has 0 saturated heterocycles. The number of halogens is 1. The van der Waals surface area contributed by atoms with Crippen LogP contribution in [0.4, 0.5) is 0 Å². The number of nitrogens with zero attached hydrogens (tertiary/aromatic N) is 3. The lowest BCUT2D eigenvalue weighted by Crippen LogP contribution is -2.16. The fraction of sp³-hybridized carbons (Fsp3) is 0.167. The predicted molar refractivity (Wildman–Crippen MR) is 94.3 cm³/mol. The van der Waals surface area contributed by atoms with Gasteiger partial charge in [0.1, 0.15) is 5.52 Å². The molecule has 0 N–H and O–H groups in total. The summed E-state index contributed by atoms with van der Waals surface area (Å²) in [7, 11) is 0. The number of carbonyl (C=O) groups is 1. The Bertz CT molecular complexity index is 1150. The lowest BCUT2D eigenvalue weighted by Gasteiger charge is -2.06. The van der Waals surface area contributed by atoms with Crippen LogP contribution in [0.2, 0.25) is 5.02 Å². The van der Waals surface area contributed by atoms with Crippen molar-refractivity contribution in [3.8, 4) is 0 Å². The minimum Gasteiger partial charge on any atom is -0.335 e. The van der Waals surface area contributed by atoms with Crippen molar-refractivity contribution in [1.29, 1.82) is 0 Å². The maximum atomic E-state index is 11.5. The maximum Gasteiger partial charge on any atom is 0.329 e. The molecule has 120 valence electrons. The Morgan fingerprint density at radius 3 is 2.42 bits per heavy atom. The second-order valence-electron chi connectivity index (χ2n) is 5.86. The average Bonchev–Trinajstić information content (AvgIpc) is 2.79. The number of aromatic nitrogens is 3. The van der Waals surface area contributed by atoms with E-state index in [4.69, 9.17) is 21.4 Å². The van der Waals surface area contributed by atoms with E-state index >= 15 is 0 Å². The summed E-state index contributed by atoms with van der Waals surface area (Å²) >= 11 is 6.13. The summed E-state index contributed by atoms with van der Waals surface area (Å²) in [6.07, 6.45) is 0. The maximum absolute atomic E-state index is 11.5. The molecule has 0 amide bonds. The highest BCUT2D eigenvalue weighted by Crippen LogP contribution is 2.30. The summed E-state index contributed by atoms with van der Waals surface area (Å²) in [5, 5.41) is 1.39. The van der Waals surface area contributed by atoms with Gasteiger partial charge in [0.15, 0.2) is 5.65 Å². The number of rotatable bonds is 1. The van der Waals surface area contributed by atoms with E-state index in [1.54, 1.807) is 18.2 Å². The Morgan fingerprint density at radius 1 is 1.08 bits per heavy atom. The van der Waals surface area contributed by atoms with Crippen molar-refractivity contribution in [2.45, 2.75) is 20.8 Å². The van der Waals surface area contributed by atoms with Crippen LogP contribution in [-0.2, 0) is 4.79 Å². The SMILES string of the molecule is CC(=O)On1c2ccc(Cl)cc2c2nc3cc(C)c(C)cc3nc21. The largest absolute Gasteiger partial charge is 0.335 e. The van der Waals surface area contributed by atoms with Gasteiger partial charge in [0, 0.05) is 17.3 Å². The third-order valence-corrected chi connectivity index (χ3v) is 4.34. The van der Waals surface area contributed by atoms with Crippen LogP contribution in [-0.4, -0.2) is 20.7 Å². The van der Waals surface area contributed by atoms with E-state index in [-0.39, 0.29) is 0 Å². The van der Waals surface area contributed by atoms with Crippen LogP contribution in [0.5, 0.6) is 0 Å². The van der Waals surface area contributed by atoms with Crippen LogP contribution in [0.25, 0.3) is 33.1 Å². The zero-order valence-electron chi connectivity index (χ0n) is 13.4. The Kier molecular flexibility index (Phi) is 3.21. The average molecular weight is 340 g/mol. The predicted octanol–water partition coefficient (Wildman–Crippen LogP) is 3.98. The van der Waals surface area contributed by atoms with Crippen LogP contribution in [0.1, 0.15) is 18.1 Å². The molecular weight excluding hydrogens is 326 g/mol. The van der Waals surface area contributed by atoms with Crippen molar-refractivity contribution >= 4 is 50.7 Å². The Balaban J connectivity index is 2.19. The molecule has 0 aliphatic rings. The molecule has 0 aliphatic carbocycles. The van der Waals surface area contributed by atoms with Gasteiger partial charge in [0.2, 0.25) is 0 Å². The molecule has 0 radical (unpaired) electrons. The molecule has 4 rings (SSSR count). The Morgan fingerprint density at radius 2 is 1.75 bits per heavy atom. The van der Waals surface area contributed by atoms with Crippen LogP contribution in [0, 0.1) is 13.8 Å². The summed E-state index contributed by atoms with van der Waals surface area (Å²) in [6.45, 7) is 5.43. The first kappa shape index (κ1) is 14.9. The fourth-order valence-corrected chi connectivity index (χ4v) is 3.01. The topological polar surface area (TPSA) is 57.0 Å². The molecule has 24 heavy (non-hydrogen) atoms. The highest BCUT2D eigenvalue weighted by molar-refractivity contribution is 6.31. The first-order chi connectivity index (χ1) is 11.4. The molecule has 4 aromatic rings. The summed E-state index contributed by atoms with van der Waals surface area (Å²) in [5.74, 6) is -0.425. The molecule has 2 heterocycles. The van der Waals surface area contributed by atoms with Crippen LogP contribution < -0.4 is 4.84 Å². The Labute approximate surface area is 142 Å². The van der Waals surface area contributed by atoms with Gasteiger partial charge >= 0.3 is 5.97 Å². The van der Waals surface area contributed by atoms with Gasteiger partial charge < -0.3 is 4.84 Å². The second kappa shape index (κ2) is 5.18. The molecule has 0 saturated carbocycles. The van der Waals surface area contributed by atoms with Crippen molar-refractivity contribution < 1.29 is 9.63 Å². The molecule has 0 aliphatic heterocycles. The smallest absolute Gasteiger partial charge is 0.329 e. The third kappa shape index (κ3) is 2.20. The number of hydrogen-bond donors (Lipinski definition) is 0. The number of fused-ring (bicyclic) bond motifs is 4. The number of aryl methyl sites for hydroxylation is 2. The van der Waals surface area contributed by atoms with Gasteiger partial charge in [-0.2, -0.15) is 4.73 Å². The first-order valence-corrected chi connectivity index (χ1v) is 7.89. The van der Waals surface area contributed by atoms with Gasteiger partial charge in [-0.15, -0.1) is 0 Å². The summed E-state index contributed by atoms with van der Waals surface area (Å²) in [6, 6.07) is 9.35. The molecule has 2 aromatic carbocycles. The van der Waals surface area contributed by atoms with Gasteiger partial charge in [-0.1, -0.05) is 11.6 Å². The highest BCUT2D eigenvalue weighted by atomic mass is 35.5.